The summed E-state index contributed by atoms with van der Waals surface area (Å²) in [6.07, 6.45) is 1.68. The molecule has 0 atom stereocenters. The lowest BCUT2D eigenvalue weighted by molar-refractivity contribution is 0.0470. The summed E-state index contributed by atoms with van der Waals surface area (Å²) in [5.74, 6) is -0.215. The van der Waals surface area contributed by atoms with Crippen molar-refractivity contribution in [1.29, 1.82) is 0 Å². The number of esters is 1. The summed E-state index contributed by atoms with van der Waals surface area (Å²) in [6.45, 7) is 4.26. The molecule has 1 aliphatic heterocycles. The molecule has 0 unspecified atom stereocenters. The first kappa shape index (κ1) is 24.6. The predicted molar refractivity (Wildman–Crippen MR) is 126 cm³/mol. The third-order valence-electron chi connectivity index (χ3n) is 5.87. The van der Waals surface area contributed by atoms with E-state index in [1.807, 2.05) is 0 Å². The molecule has 35 heavy (non-hydrogen) atoms. The second-order valence-corrected chi connectivity index (χ2v) is 10.2. The van der Waals surface area contributed by atoms with Crippen LogP contribution < -0.4 is 4.74 Å². The van der Waals surface area contributed by atoms with E-state index < -0.39 is 28.4 Å². The smallest absolute Gasteiger partial charge is 0.342 e. The molecule has 2 heterocycles. The number of aryl methyl sites for hydroxylation is 2. The molecule has 1 saturated heterocycles. The molecule has 1 fully saturated rings. The molecule has 0 bridgehead atoms. The molecular weight excluding hydrogens is 472 g/mol. The molecular formula is C25H26N2O7S. The van der Waals surface area contributed by atoms with E-state index in [9.17, 15) is 18.0 Å². The maximum atomic E-state index is 12.7. The molecule has 184 valence electrons. The Morgan fingerprint density at radius 3 is 2.37 bits per heavy atom. The summed E-state index contributed by atoms with van der Waals surface area (Å²) in [4.78, 5) is 25.3. The van der Waals surface area contributed by atoms with Crippen LogP contribution in [0.15, 0.2) is 57.9 Å². The standard InChI is InChI=1S/C25H26N2O7S/c1-17-22(18(2)34-26-17)15-32-24-8-4-3-7-21(24)25(29)33-16-23(28)19-9-11-20(12-10-19)35(30,31)27-13-5-6-14-27/h3-4,7-12H,5-6,13-16H2,1-2H3. The Morgan fingerprint density at radius 2 is 1.71 bits per heavy atom. The molecule has 3 aromatic rings. The van der Waals surface area contributed by atoms with Crippen LogP contribution >= 0.6 is 0 Å². The van der Waals surface area contributed by atoms with E-state index in [1.54, 1.807) is 38.1 Å². The van der Waals surface area contributed by atoms with Crippen LogP contribution in [0.5, 0.6) is 5.75 Å². The van der Waals surface area contributed by atoms with Crippen LogP contribution in [0.2, 0.25) is 0 Å². The van der Waals surface area contributed by atoms with Crippen molar-refractivity contribution in [2.24, 2.45) is 0 Å². The van der Waals surface area contributed by atoms with Gasteiger partial charge in [-0.05, 0) is 63.1 Å². The Morgan fingerprint density at radius 1 is 1.03 bits per heavy atom. The molecule has 0 saturated carbocycles. The number of carbonyl (C=O) groups excluding carboxylic acids is 2. The van der Waals surface area contributed by atoms with Crippen molar-refractivity contribution in [3.63, 3.8) is 0 Å². The Labute approximate surface area is 203 Å². The number of ether oxygens (including phenoxy) is 2. The van der Waals surface area contributed by atoms with Gasteiger partial charge in [0.25, 0.3) is 0 Å². The number of Topliss-reactive ketones (excluding diaryl/α,β-unsaturated/α-hetero) is 1. The van der Waals surface area contributed by atoms with E-state index in [0.29, 0.717) is 30.3 Å². The summed E-state index contributed by atoms with van der Waals surface area (Å²) in [7, 11) is -3.56. The van der Waals surface area contributed by atoms with Gasteiger partial charge in [0.1, 0.15) is 23.7 Å². The molecule has 2 aromatic carbocycles. The Kier molecular flexibility index (Phi) is 7.32. The molecule has 1 aromatic heterocycles. The van der Waals surface area contributed by atoms with Gasteiger partial charge in [0, 0.05) is 18.7 Å². The van der Waals surface area contributed by atoms with Crippen LogP contribution in [-0.2, 0) is 21.4 Å². The van der Waals surface area contributed by atoms with Gasteiger partial charge in [-0.2, -0.15) is 4.31 Å². The second kappa shape index (κ2) is 10.4. The van der Waals surface area contributed by atoms with Crippen molar-refractivity contribution < 1.29 is 32.0 Å². The number of hydrogen-bond acceptors (Lipinski definition) is 8. The number of nitrogens with zero attached hydrogens (tertiary/aromatic N) is 2. The van der Waals surface area contributed by atoms with Crippen LogP contribution in [0.4, 0.5) is 0 Å². The highest BCUT2D eigenvalue weighted by Gasteiger charge is 2.27. The van der Waals surface area contributed by atoms with Gasteiger partial charge in [-0.1, -0.05) is 17.3 Å². The van der Waals surface area contributed by atoms with Gasteiger partial charge in [-0.3, -0.25) is 4.79 Å². The summed E-state index contributed by atoms with van der Waals surface area (Å²) >= 11 is 0. The highest BCUT2D eigenvalue weighted by Crippen LogP contribution is 2.23. The second-order valence-electron chi connectivity index (χ2n) is 8.22. The lowest BCUT2D eigenvalue weighted by Gasteiger charge is -2.15. The summed E-state index contributed by atoms with van der Waals surface area (Å²) in [5.41, 5.74) is 1.92. The number of ketones is 1. The van der Waals surface area contributed by atoms with Crippen molar-refractivity contribution in [2.75, 3.05) is 19.7 Å². The molecule has 10 heteroatoms. The van der Waals surface area contributed by atoms with Crippen LogP contribution in [-0.4, -0.2) is 49.3 Å². The first-order valence-corrected chi connectivity index (χ1v) is 12.7. The quantitative estimate of drug-likeness (QED) is 0.324. The van der Waals surface area contributed by atoms with Crippen molar-refractivity contribution in [1.82, 2.24) is 9.46 Å². The molecule has 4 rings (SSSR count). The molecule has 0 N–H and O–H groups in total. The number of benzene rings is 2. The molecule has 1 aliphatic rings. The minimum Gasteiger partial charge on any atom is -0.488 e. The minimum absolute atomic E-state index is 0.136. The van der Waals surface area contributed by atoms with E-state index in [4.69, 9.17) is 14.0 Å². The fourth-order valence-corrected chi connectivity index (χ4v) is 5.32. The third-order valence-corrected chi connectivity index (χ3v) is 7.79. The maximum absolute atomic E-state index is 12.7. The van der Waals surface area contributed by atoms with Gasteiger partial charge in [0.05, 0.1) is 16.2 Å². The third kappa shape index (κ3) is 5.44. The summed E-state index contributed by atoms with van der Waals surface area (Å²) in [5, 5.41) is 3.88. The average Bonchev–Trinajstić information content (AvgIpc) is 3.52. The van der Waals surface area contributed by atoms with Gasteiger partial charge in [0.15, 0.2) is 12.4 Å². The minimum atomic E-state index is -3.56. The van der Waals surface area contributed by atoms with Gasteiger partial charge in [-0.15, -0.1) is 0 Å². The van der Waals surface area contributed by atoms with E-state index in [2.05, 4.69) is 5.16 Å². The molecule has 0 aliphatic carbocycles. The van der Waals surface area contributed by atoms with Crippen LogP contribution in [0.1, 0.15) is 50.6 Å². The van der Waals surface area contributed by atoms with Gasteiger partial charge < -0.3 is 14.0 Å². The number of sulfonamides is 1. The number of hydrogen-bond donors (Lipinski definition) is 0. The van der Waals surface area contributed by atoms with Crippen molar-refractivity contribution in [2.45, 2.75) is 38.2 Å². The largest absolute Gasteiger partial charge is 0.488 e. The van der Waals surface area contributed by atoms with Crippen LogP contribution in [0.3, 0.4) is 0 Å². The van der Waals surface area contributed by atoms with Gasteiger partial charge >= 0.3 is 5.97 Å². The zero-order valence-corrected chi connectivity index (χ0v) is 20.3. The van der Waals surface area contributed by atoms with E-state index in [1.165, 1.54) is 28.6 Å². The van der Waals surface area contributed by atoms with Gasteiger partial charge in [0.2, 0.25) is 10.0 Å². The van der Waals surface area contributed by atoms with Crippen molar-refractivity contribution in [3.8, 4) is 5.75 Å². The first-order valence-electron chi connectivity index (χ1n) is 11.2. The molecule has 0 radical (unpaired) electrons. The maximum Gasteiger partial charge on any atom is 0.342 e. The fraction of sp³-hybridized carbons (Fsp3) is 0.320. The molecule has 0 amide bonds. The molecule has 0 spiro atoms. The number of aromatic nitrogens is 1. The summed E-state index contributed by atoms with van der Waals surface area (Å²) < 4.78 is 42.9. The fourth-order valence-electron chi connectivity index (χ4n) is 3.80. The zero-order chi connectivity index (χ0) is 25.0. The van der Waals surface area contributed by atoms with Crippen molar-refractivity contribution >= 4 is 21.8 Å². The molecule has 9 nitrogen and oxygen atoms in total. The highest BCUT2D eigenvalue weighted by atomic mass is 32.2. The SMILES string of the molecule is Cc1noc(C)c1COc1ccccc1C(=O)OCC(=O)c1ccc(S(=O)(=O)N2CCCC2)cc1. The Bertz CT molecular complexity index is 1300. The number of para-hydroxylation sites is 1. The van der Waals surface area contributed by atoms with E-state index in [0.717, 1.165) is 18.4 Å². The lowest BCUT2D eigenvalue weighted by atomic mass is 10.1. The number of carbonyl (C=O) groups is 2. The van der Waals surface area contributed by atoms with Crippen LogP contribution in [0.25, 0.3) is 0 Å². The lowest BCUT2D eigenvalue weighted by Crippen LogP contribution is -2.27. The zero-order valence-electron chi connectivity index (χ0n) is 19.5. The van der Waals surface area contributed by atoms with E-state index >= 15 is 0 Å². The topological polar surface area (TPSA) is 116 Å². The van der Waals surface area contributed by atoms with E-state index in [-0.39, 0.29) is 22.6 Å². The van der Waals surface area contributed by atoms with Crippen molar-refractivity contribution in [3.05, 3.63) is 76.7 Å². The Balaban J connectivity index is 1.37. The first-order chi connectivity index (χ1) is 16.8. The highest BCUT2D eigenvalue weighted by molar-refractivity contribution is 7.89. The number of rotatable bonds is 9. The average molecular weight is 499 g/mol. The summed E-state index contributed by atoms with van der Waals surface area (Å²) in [6, 6.07) is 12.2. The van der Waals surface area contributed by atoms with Gasteiger partial charge in [-0.25, -0.2) is 13.2 Å². The normalized spacial score (nSPS) is 14.1. The monoisotopic (exact) mass is 498 g/mol. The Hall–Kier alpha value is -3.50. The predicted octanol–water partition coefficient (Wildman–Crippen LogP) is 3.69. The van der Waals surface area contributed by atoms with Crippen LogP contribution in [0, 0.1) is 13.8 Å².